The molecule has 300 valence electrons. The molecule has 0 radical (unpaired) electrons. The van der Waals surface area contributed by atoms with Gasteiger partial charge in [0.2, 0.25) is 0 Å². The average molecular weight is 782 g/mol. The lowest BCUT2D eigenvalue weighted by atomic mass is 9.80. The highest BCUT2D eigenvalue weighted by atomic mass is 15.0. The maximum Gasteiger partial charge on any atom is 0.0534 e. The topological polar surface area (TPSA) is 4.93 Å². The molecule has 0 N–H and O–H groups in total. The molecular weight excluding hydrogens is 723 g/mol. The number of benzene rings is 7. The maximum atomic E-state index is 3.83. The fraction of sp³-hybridized carbons (Fsp3) is 0.153. The lowest BCUT2D eigenvalue weighted by Gasteiger charge is -2.24. The van der Waals surface area contributed by atoms with E-state index < -0.39 is 0 Å². The monoisotopic (exact) mass is 781 g/mol. The van der Waals surface area contributed by atoms with E-state index in [2.05, 4.69) is 254 Å². The van der Waals surface area contributed by atoms with E-state index >= 15 is 0 Å². The van der Waals surface area contributed by atoms with E-state index in [0.717, 1.165) is 6.42 Å². The van der Waals surface area contributed by atoms with Crippen molar-refractivity contribution in [2.45, 2.75) is 60.3 Å². The molecule has 0 aliphatic heterocycles. The van der Waals surface area contributed by atoms with Gasteiger partial charge in [-0.1, -0.05) is 233 Å². The molecule has 0 saturated heterocycles. The van der Waals surface area contributed by atoms with Crippen LogP contribution in [-0.2, 0) is 5.41 Å². The fourth-order valence-corrected chi connectivity index (χ4v) is 7.31. The molecule has 0 spiro atoms. The molecule has 0 aliphatic carbocycles. The van der Waals surface area contributed by atoms with Gasteiger partial charge in [-0.2, -0.15) is 0 Å². The minimum atomic E-state index is 0.141. The molecule has 0 amide bonds. The predicted octanol–water partition coefficient (Wildman–Crippen LogP) is 16.8. The molecule has 0 bridgehead atoms. The van der Waals surface area contributed by atoms with Crippen molar-refractivity contribution in [3.63, 3.8) is 0 Å². The number of rotatable bonds is 8. The Morgan fingerprint density at radius 1 is 0.550 bits per heavy atom. The highest BCUT2D eigenvalue weighted by Crippen LogP contribution is 2.35. The van der Waals surface area contributed by atoms with Gasteiger partial charge in [-0.3, -0.25) is 0 Å². The lowest BCUT2D eigenvalue weighted by molar-refractivity contribution is 0.588. The zero-order chi connectivity index (χ0) is 42.5. The molecular formula is C59H59N. The van der Waals surface area contributed by atoms with Crippen LogP contribution < -0.4 is 0 Å². The van der Waals surface area contributed by atoms with Crippen molar-refractivity contribution in [3.8, 4) is 39.1 Å². The number of aryl methyl sites for hydroxylation is 3. The van der Waals surface area contributed by atoms with Crippen LogP contribution in [0, 0.1) is 20.8 Å². The Labute approximate surface area is 359 Å². The number of fused-ring (bicyclic) bond motifs is 1. The van der Waals surface area contributed by atoms with Crippen LogP contribution in [0.3, 0.4) is 0 Å². The van der Waals surface area contributed by atoms with E-state index in [4.69, 9.17) is 0 Å². The smallest absolute Gasteiger partial charge is 0.0534 e. The SMILES string of the molecule is C=C/C=C(\C=C/CC)c1ccc(C)cc1C(C)(C)C.Cc1ccc(-c2ccc(-c3cn(-c4ccccc4)c4ccccc34)cc2)cc1.Cc1ccc(-c2ccccc2)cc1. The molecule has 1 heteroatoms. The summed E-state index contributed by atoms with van der Waals surface area (Å²) in [7, 11) is 0. The molecule has 8 aromatic rings. The number of aromatic nitrogens is 1. The van der Waals surface area contributed by atoms with Gasteiger partial charge >= 0.3 is 0 Å². The molecule has 1 heterocycles. The average Bonchev–Trinajstić information content (AvgIpc) is 3.66. The summed E-state index contributed by atoms with van der Waals surface area (Å²) in [5.74, 6) is 0. The molecule has 0 unspecified atom stereocenters. The number of allylic oxidation sites excluding steroid dienone is 5. The summed E-state index contributed by atoms with van der Waals surface area (Å²) < 4.78 is 2.28. The number of hydrogen-bond acceptors (Lipinski definition) is 0. The van der Waals surface area contributed by atoms with E-state index in [1.807, 2.05) is 12.1 Å². The third-order valence-corrected chi connectivity index (χ3v) is 10.6. The number of nitrogens with zero attached hydrogens (tertiary/aromatic N) is 1. The van der Waals surface area contributed by atoms with Gasteiger partial charge in [0.1, 0.15) is 0 Å². The molecule has 60 heavy (non-hydrogen) atoms. The highest BCUT2D eigenvalue weighted by molar-refractivity contribution is 5.97. The first-order valence-corrected chi connectivity index (χ1v) is 21.1. The molecule has 1 aromatic heterocycles. The zero-order valence-electron chi connectivity index (χ0n) is 36.5. The van der Waals surface area contributed by atoms with Crippen LogP contribution in [0.2, 0.25) is 0 Å². The van der Waals surface area contributed by atoms with Crippen molar-refractivity contribution >= 4 is 16.5 Å². The first kappa shape index (κ1) is 42.9. The summed E-state index contributed by atoms with van der Waals surface area (Å²) in [6.45, 7) is 19.2. The molecule has 0 atom stereocenters. The second-order valence-corrected chi connectivity index (χ2v) is 16.4. The Morgan fingerprint density at radius 3 is 1.58 bits per heavy atom. The third kappa shape index (κ3) is 11.1. The largest absolute Gasteiger partial charge is 0.316 e. The zero-order valence-corrected chi connectivity index (χ0v) is 36.5. The van der Waals surface area contributed by atoms with Gasteiger partial charge in [0.15, 0.2) is 0 Å². The van der Waals surface area contributed by atoms with Gasteiger partial charge in [0.25, 0.3) is 0 Å². The predicted molar refractivity (Wildman–Crippen MR) is 263 cm³/mol. The number of para-hydroxylation sites is 2. The van der Waals surface area contributed by atoms with E-state index in [9.17, 15) is 0 Å². The van der Waals surface area contributed by atoms with Crippen LogP contribution in [0.1, 0.15) is 61.9 Å². The van der Waals surface area contributed by atoms with Gasteiger partial charge in [-0.05, 0) is 95.3 Å². The van der Waals surface area contributed by atoms with E-state index in [1.54, 1.807) is 0 Å². The van der Waals surface area contributed by atoms with Crippen molar-refractivity contribution < 1.29 is 0 Å². The Morgan fingerprint density at radius 2 is 1.03 bits per heavy atom. The third-order valence-electron chi connectivity index (χ3n) is 10.6. The van der Waals surface area contributed by atoms with Crippen molar-refractivity contribution in [1.29, 1.82) is 0 Å². The summed E-state index contributed by atoms with van der Waals surface area (Å²) in [5, 5.41) is 1.27. The molecule has 0 fully saturated rings. The minimum Gasteiger partial charge on any atom is -0.316 e. The molecule has 0 saturated carbocycles. The van der Waals surface area contributed by atoms with Crippen LogP contribution >= 0.6 is 0 Å². The first-order valence-electron chi connectivity index (χ1n) is 21.1. The van der Waals surface area contributed by atoms with Crippen molar-refractivity contribution in [1.82, 2.24) is 4.57 Å². The summed E-state index contributed by atoms with van der Waals surface area (Å²) >= 11 is 0. The Hall–Kier alpha value is -6.70. The summed E-state index contributed by atoms with van der Waals surface area (Å²) in [6.07, 6.45) is 11.6. The molecule has 8 rings (SSSR count). The van der Waals surface area contributed by atoms with Gasteiger partial charge in [0.05, 0.1) is 5.52 Å². The second kappa shape index (κ2) is 20.3. The van der Waals surface area contributed by atoms with Gasteiger partial charge < -0.3 is 4.57 Å². The lowest BCUT2D eigenvalue weighted by Crippen LogP contribution is -2.14. The van der Waals surface area contributed by atoms with Crippen LogP contribution in [0.5, 0.6) is 0 Å². The normalized spacial score (nSPS) is 11.4. The van der Waals surface area contributed by atoms with Crippen molar-refractivity contribution in [3.05, 3.63) is 241 Å². The Balaban J connectivity index is 0.000000164. The molecule has 7 aromatic carbocycles. The number of hydrogen-bond donors (Lipinski definition) is 0. The van der Waals surface area contributed by atoms with E-state index in [-0.39, 0.29) is 5.41 Å². The molecule has 1 nitrogen and oxygen atoms in total. The summed E-state index contributed by atoms with van der Waals surface area (Å²) in [4.78, 5) is 0. The Bertz CT molecular complexity index is 2650. The molecule has 0 aliphatic rings. The van der Waals surface area contributed by atoms with E-state index in [0.29, 0.717) is 0 Å². The second-order valence-electron chi connectivity index (χ2n) is 16.4. The van der Waals surface area contributed by atoms with Crippen LogP contribution in [0.25, 0.3) is 55.5 Å². The first-order chi connectivity index (χ1) is 29.0. The van der Waals surface area contributed by atoms with Gasteiger partial charge in [0, 0.05) is 22.8 Å². The summed E-state index contributed by atoms with van der Waals surface area (Å²) in [5.41, 5.74) is 17.9. The quantitative estimate of drug-likeness (QED) is 0.135. The van der Waals surface area contributed by atoms with Crippen LogP contribution in [0.4, 0.5) is 0 Å². The maximum absolute atomic E-state index is 3.83. The summed E-state index contributed by atoms with van der Waals surface area (Å²) in [6, 6.07) is 62.5. The fourth-order valence-electron chi connectivity index (χ4n) is 7.31. The van der Waals surface area contributed by atoms with Crippen LogP contribution in [-0.4, -0.2) is 4.57 Å². The van der Waals surface area contributed by atoms with Crippen molar-refractivity contribution in [2.24, 2.45) is 0 Å². The van der Waals surface area contributed by atoms with Gasteiger partial charge in [-0.25, -0.2) is 0 Å². The van der Waals surface area contributed by atoms with E-state index in [1.165, 1.54) is 83.4 Å². The van der Waals surface area contributed by atoms with Crippen LogP contribution in [0.15, 0.2) is 213 Å². The minimum absolute atomic E-state index is 0.141. The van der Waals surface area contributed by atoms with Crippen molar-refractivity contribution in [2.75, 3.05) is 0 Å². The highest BCUT2D eigenvalue weighted by Gasteiger charge is 2.19. The van der Waals surface area contributed by atoms with Gasteiger partial charge in [-0.15, -0.1) is 0 Å². The Kier molecular flexibility index (Phi) is 14.5. The standard InChI is InChI=1S/C27H21N.C19H26.C13H12/c1-20-11-13-21(14-12-20)22-15-17-23(18-16-22)26-19-28(24-7-3-2-4-8-24)27-10-6-5-9-25(26)27;1-7-9-11-16(10-8-2)17-13-12-15(3)14-18(17)19(4,5)6;1-11-7-9-13(10-8-11)12-5-3-2-4-6-12/h2-19H,1H3;8-14H,2,7H2,1,3-6H3;2-10H,1H3/b;11-9-,16-10+;.